The van der Waals surface area contributed by atoms with Gasteiger partial charge in [-0.15, -0.1) is 0 Å². The van der Waals surface area contributed by atoms with Crippen LogP contribution in [0.2, 0.25) is 0 Å². The SMILES string of the molecule is O=C(O)c1ccc([N+](=O)[O-])c(NCCN2CCCC2)c1. The van der Waals surface area contributed by atoms with Gasteiger partial charge in [-0.2, -0.15) is 0 Å². The van der Waals surface area contributed by atoms with Crippen LogP contribution in [0, 0.1) is 10.1 Å². The van der Waals surface area contributed by atoms with E-state index in [9.17, 15) is 14.9 Å². The summed E-state index contributed by atoms with van der Waals surface area (Å²) in [5, 5.41) is 22.8. The van der Waals surface area contributed by atoms with E-state index in [1.165, 1.54) is 31.0 Å². The minimum Gasteiger partial charge on any atom is -0.478 e. The molecule has 0 spiro atoms. The molecular formula is C13H17N3O4. The third kappa shape index (κ3) is 3.45. The average molecular weight is 279 g/mol. The van der Waals surface area contributed by atoms with Gasteiger partial charge in [0.1, 0.15) is 5.69 Å². The van der Waals surface area contributed by atoms with Crippen molar-refractivity contribution in [3.63, 3.8) is 0 Å². The highest BCUT2D eigenvalue weighted by molar-refractivity contribution is 5.90. The van der Waals surface area contributed by atoms with Crippen LogP contribution in [0.15, 0.2) is 18.2 Å². The second-order valence-electron chi connectivity index (χ2n) is 4.77. The van der Waals surface area contributed by atoms with Crippen LogP contribution in [0.25, 0.3) is 0 Å². The van der Waals surface area contributed by atoms with Crippen LogP contribution in [-0.2, 0) is 0 Å². The van der Waals surface area contributed by atoms with Crippen LogP contribution in [0.4, 0.5) is 11.4 Å². The molecule has 0 aliphatic carbocycles. The molecule has 1 fully saturated rings. The lowest BCUT2D eigenvalue weighted by Gasteiger charge is -2.15. The van der Waals surface area contributed by atoms with Gasteiger partial charge >= 0.3 is 5.97 Å². The van der Waals surface area contributed by atoms with E-state index in [2.05, 4.69) is 10.2 Å². The van der Waals surface area contributed by atoms with Crippen LogP contribution in [0.3, 0.4) is 0 Å². The number of anilines is 1. The number of benzene rings is 1. The second kappa shape index (κ2) is 6.33. The maximum absolute atomic E-state index is 10.9. The average Bonchev–Trinajstić information content (AvgIpc) is 2.91. The van der Waals surface area contributed by atoms with Gasteiger partial charge in [0, 0.05) is 19.2 Å². The standard InChI is InChI=1S/C13H17N3O4/c17-13(18)10-3-4-12(16(19)20)11(9-10)14-5-8-15-6-1-2-7-15/h3-4,9,14H,1-2,5-8H2,(H,17,18). The molecule has 1 aromatic carbocycles. The first-order valence-corrected chi connectivity index (χ1v) is 6.56. The van der Waals surface area contributed by atoms with Gasteiger partial charge < -0.3 is 15.3 Å². The zero-order valence-electron chi connectivity index (χ0n) is 11.0. The fourth-order valence-corrected chi connectivity index (χ4v) is 2.32. The quantitative estimate of drug-likeness (QED) is 0.609. The highest BCUT2D eigenvalue weighted by Crippen LogP contribution is 2.25. The molecule has 0 aromatic heterocycles. The Morgan fingerprint density at radius 2 is 2.10 bits per heavy atom. The summed E-state index contributed by atoms with van der Waals surface area (Å²) in [6.45, 7) is 3.47. The molecule has 0 amide bonds. The van der Waals surface area contributed by atoms with Crippen molar-refractivity contribution in [3.05, 3.63) is 33.9 Å². The number of carboxylic acids is 1. The van der Waals surface area contributed by atoms with Crippen LogP contribution in [0.5, 0.6) is 0 Å². The summed E-state index contributed by atoms with van der Waals surface area (Å²) in [6.07, 6.45) is 2.38. The van der Waals surface area contributed by atoms with E-state index in [0.717, 1.165) is 19.6 Å². The number of carboxylic acid groups (broad SMARTS) is 1. The van der Waals surface area contributed by atoms with E-state index < -0.39 is 10.9 Å². The van der Waals surface area contributed by atoms with Crippen molar-refractivity contribution in [2.75, 3.05) is 31.5 Å². The van der Waals surface area contributed by atoms with Crippen molar-refractivity contribution in [1.82, 2.24) is 4.90 Å². The number of nitro groups is 1. The number of hydrogen-bond acceptors (Lipinski definition) is 5. The molecule has 0 radical (unpaired) electrons. The van der Waals surface area contributed by atoms with Crippen molar-refractivity contribution < 1.29 is 14.8 Å². The number of aromatic carboxylic acids is 1. The molecule has 20 heavy (non-hydrogen) atoms. The number of hydrogen-bond donors (Lipinski definition) is 2. The van der Waals surface area contributed by atoms with Crippen molar-refractivity contribution in [3.8, 4) is 0 Å². The van der Waals surface area contributed by atoms with Crippen LogP contribution >= 0.6 is 0 Å². The number of nitrogens with zero attached hydrogens (tertiary/aromatic N) is 2. The van der Waals surface area contributed by atoms with Gasteiger partial charge in [0.2, 0.25) is 0 Å². The minimum absolute atomic E-state index is 0.0410. The summed E-state index contributed by atoms with van der Waals surface area (Å²) in [4.78, 5) is 23.6. The number of nitrogens with one attached hydrogen (secondary N) is 1. The Bertz CT molecular complexity index is 512. The third-order valence-electron chi connectivity index (χ3n) is 3.38. The summed E-state index contributed by atoms with van der Waals surface area (Å²) in [7, 11) is 0. The van der Waals surface area contributed by atoms with Crippen LogP contribution < -0.4 is 5.32 Å². The molecule has 7 heteroatoms. The summed E-state index contributed by atoms with van der Waals surface area (Å²) in [5.41, 5.74) is 0.199. The smallest absolute Gasteiger partial charge is 0.335 e. The molecule has 7 nitrogen and oxygen atoms in total. The molecule has 1 aliphatic rings. The molecule has 108 valence electrons. The monoisotopic (exact) mass is 279 g/mol. The molecule has 2 rings (SSSR count). The molecular weight excluding hydrogens is 262 g/mol. The van der Waals surface area contributed by atoms with Gasteiger partial charge in [0.25, 0.3) is 5.69 Å². The van der Waals surface area contributed by atoms with Crippen molar-refractivity contribution >= 4 is 17.3 Å². The fourth-order valence-electron chi connectivity index (χ4n) is 2.32. The number of rotatable bonds is 6. The first-order valence-electron chi connectivity index (χ1n) is 6.56. The zero-order valence-corrected chi connectivity index (χ0v) is 11.0. The van der Waals surface area contributed by atoms with Crippen molar-refractivity contribution in [1.29, 1.82) is 0 Å². The maximum atomic E-state index is 10.9. The number of carbonyl (C=O) groups is 1. The highest BCUT2D eigenvalue weighted by atomic mass is 16.6. The topological polar surface area (TPSA) is 95.7 Å². The molecule has 0 saturated carbocycles. The van der Waals surface area contributed by atoms with Crippen LogP contribution in [-0.4, -0.2) is 47.1 Å². The lowest BCUT2D eigenvalue weighted by molar-refractivity contribution is -0.384. The molecule has 0 atom stereocenters. The Hall–Kier alpha value is -2.15. The van der Waals surface area contributed by atoms with Crippen molar-refractivity contribution in [2.24, 2.45) is 0 Å². The van der Waals surface area contributed by atoms with Gasteiger partial charge in [0.15, 0.2) is 0 Å². The molecule has 2 N–H and O–H groups in total. The van der Waals surface area contributed by atoms with E-state index in [4.69, 9.17) is 5.11 Å². The third-order valence-corrected chi connectivity index (χ3v) is 3.38. The molecule has 0 bridgehead atoms. The summed E-state index contributed by atoms with van der Waals surface area (Å²) in [6, 6.07) is 3.78. The summed E-state index contributed by atoms with van der Waals surface area (Å²) in [5.74, 6) is -1.09. The van der Waals surface area contributed by atoms with Crippen LogP contribution in [0.1, 0.15) is 23.2 Å². The fraction of sp³-hybridized carbons (Fsp3) is 0.462. The predicted octanol–water partition coefficient (Wildman–Crippen LogP) is 1.80. The minimum atomic E-state index is -1.09. The molecule has 1 heterocycles. The van der Waals surface area contributed by atoms with Gasteiger partial charge in [-0.25, -0.2) is 4.79 Å². The van der Waals surface area contributed by atoms with Gasteiger partial charge in [0.05, 0.1) is 10.5 Å². The second-order valence-corrected chi connectivity index (χ2v) is 4.77. The van der Waals surface area contributed by atoms with E-state index in [-0.39, 0.29) is 16.9 Å². The lowest BCUT2D eigenvalue weighted by atomic mass is 10.1. The van der Waals surface area contributed by atoms with E-state index >= 15 is 0 Å². The summed E-state index contributed by atoms with van der Waals surface area (Å²) < 4.78 is 0. The largest absolute Gasteiger partial charge is 0.478 e. The van der Waals surface area contributed by atoms with Crippen molar-refractivity contribution in [2.45, 2.75) is 12.8 Å². The van der Waals surface area contributed by atoms with E-state index in [1.807, 2.05) is 0 Å². The molecule has 0 unspecified atom stereocenters. The van der Waals surface area contributed by atoms with Gasteiger partial charge in [-0.05, 0) is 38.1 Å². The predicted molar refractivity (Wildman–Crippen MR) is 74.2 cm³/mol. The Morgan fingerprint density at radius 1 is 1.40 bits per heavy atom. The normalized spacial score (nSPS) is 15.2. The number of nitro benzene ring substituents is 1. The van der Waals surface area contributed by atoms with Gasteiger partial charge in [-0.1, -0.05) is 0 Å². The molecule has 1 aliphatic heterocycles. The Kier molecular flexibility index (Phi) is 4.52. The molecule has 1 saturated heterocycles. The highest BCUT2D eigenvalue weighted by Gasteiger charge is 2.17. The Morgan fingerprint density at radius 3 is 2.70 bits per heavy atom. The number of likely N-dealkylation sites (tertiary alicyclic amines) is 1. The maximum Gasteiger partial charge on any atom is 0.335 e. The van der Waals surface area contributed by atoms with E-state index in [1.54, 1.807) is 0 Å². The lowest BCUT2D eigenvalue weighted by Crippen LogP contribution is -2.26. The Labute approximate surface area is 116 Å². The molecule has 1 aromatic rings. The zero-order chi connectivity index (χ0) is 14.5. The first-order chi connectivity index (χ1) is 9.58. The van der Waals surface area contributed by atoms with E-state index in [0.29, 0.717) is 6.54 Å². The Balaban J connectivity index is 2.04. The summed E-state index contributed by atoms with van der Waals surface area (Å²) >= 11 is 0. The first kappa shape index (κ1) is 14.3. The van der Waals surface area contributed by atoms with Gasteiger partial charge in [-0.3, -0.25) is 10.1 Å².